The van der Waals surface area contributed by atoms with Crippen molar-refractivity contribution in [1.82, 2.24) is 15.1 Å². The fraction of sp³-hybridized carbons (Fsp3) is 0.478. The summed E-state index contributed by atoms with van der Waals surface area (Å²) in [6.45, 7) is 3.81. The average Bonchev–Trinajstić information content (AvgIpc) is 3.50. The lowest BCUT2D eigenvalue weighted by Crippen LogP contribution is -2.45. The zero-order valence-corrected chi connectivity index (χ0v) is 17.3. The number of hydrogen-bond donors (Lipinski definition) is 2. The van der Waals surface area contributed by atoms with Crippen LogP contribution in [0.5, 0.6) is 0 Å². The third-order valence-electron chi connectivity index (χ3n) is 6.10. The third-order valence-corrected chi connectivity index (χ3v) is 6.10. The summed E-state index contributed by atoms with van der Waals surface area (Å²) in [7, 11) is 0. The van der Waals surface area contributed by atoms with Crippen molar-refractivity contribution in [2.45, 2.75) is 31.7 Å². The molecule has 2 aromatic rings. The van der Waals surface area contributed by atoms with E-state index >= 15 is 0 Å². The van der Waals surface area contributed by atoms with Gasteiger partial charge in [-0.3, -0.25) is 9.69 Å². The molecule has 160 valence electrons. The third kappa shape index (κ3) is 5.02. The first kappa shape index (κ1) is 20.5. The molecule has 4 rings (SSSR count). The van der Waals surface area contributed by atoms with Crippen LogP contribution in [0.25, 0.3) is 0 Å². The Hall–Kier alpha value is -2.80. The van der Waals surface area contributed by atoms with Gasteiger partial charge in [0.05, 0.1) is 12.3 Å². The van der Waals surface area contributed by atoms with Crippen LogP contribution in [0.2, 0.25) is 0 Å². The van der Waals surface area contributed by atoms with E-state index in [1.54, 1.807) is 11.2 Å². The molecule has 0 unspecified atom stereocenters. The molecule has 2 fully saturated rings. The lowest BCUT2D eigenvalue weighted by atomic mass is 9.96. The Labute approximate surface area is 177 Å². The number of hydrogen-bond acceptors (Lipinski definition) is 4. The second-order valence-electron chi connectivity index (χ2n) is 8.08. The maximum atomic E-state index is 12.8. The number of furan rings is 1. The van der Waals surface area contributed by atoms with E-state index < -0.39 is 0 Å². The van der Waals surface area contributed by atoms with Gasteiger partial charge in [-0.15, -0.1) is 0 Å². The lowest BCUT2D eigenvalue weighted by Gasteiger charge is -2.32. The molecule has 0 aliphatic carbocycles. The second kappa shape index (κ2) is 9.80. The van der Waals surface area contributed by atoms with Crippen LogP contribution in [0.3, 0.4) is 0 Å². The van der Waals surface area contributed by atoms with E-state index in [-0.39, 0.29) is 23.9 Å². The zero-order chi connectivity index (χ0) is 20.8. The minimum absolute atomic E-state index is 0.0541. The minimum atomic E-state index is -0.105. The lowest BCUT2D eigenvalue weighted by molar-refractivity contribution is -0.126. The molecular weight excluding hydrogens is 380 g/mol. The van der Waals surface area contributed by atoms with Crippen molar-refractivity contribution in [3.63, 3.8) is 0 Å². The summed E-state index contributed by atoms with van der Waals surface area (Å²) in [6.07, 6.45) is 5.44. The molecule has 1 atom stereocenters. The number of carbonyl (C=O) groups is 2. The summed E-state index contributed by atoms with van der Waals surface area (Å²) in [4.78, 5) is 29.4. The Morgan fingerprint density at radius 3 is 2.40 bits per heavy atom. The summed E-state index contributed by atoms with van der Waals surface area (Å²) in [5.41, 5.74) is 0.785. The molecule has 3 amide bonds. The van der Waals surface area contributed by atoms with Gasteiger partial charge in [0.2, 0.25) is 5.91 Å². The molecule has 0 saturated carbocycles. The first-order chi connectivity index (χ1) is 14.7. The molecule has 2 aliphatic heterocycles. The summed E-state index contributed by atoms with van der Waals surface area (Å²) in [6, 6.07) is 13.3. The SMILES string of the molecule is O=C(NC[C@@H](c1ccco1)N1CCCC1)C1CCN(C(=O)Nc2ccccc2)CC1. The van der Waals surface area contributed by atoms with Crippen LogP contribution in [0.1, 0.15) is 37.5 Å². The van der Waals surface area contributed by atoms with Crippen LogP contribution in [0, 0.1) is 5.92 Å². The number of amides is 3. The van der Waals surface area contributed by atoms with Crippen LogP contribution in [-0.4, -0.2) is 54.5 Å². The number of urea groups is 1. The van der Waals surface area contributed by atoms with Gasteiger partial charge in [0.15, 0.2) is 0 Å². The molecule has 0 bridgehead atoms. The predicted octanol–water partition coefficient (Wildman–Crippen LogP) is 3.48. The number of carbonyl (C=O) groups excluding carboxylic acids is 2. The van der Waals surface area contributed by atoms with E-state index in [2.05, 4.69) is 15.5 Å². The Kier molecular flexibility index (Phi) is 6.69. The van der Waals surface area contributed by atoms with Gasteiger partial charge in [0.25, 0.3) is 0 Å². The van der Waals surface area contributed by atoms with Crippen molar-refractivity contribution in [2.75, 3.05) is 38.0 Å². The highest BCUT2D eigenvalue weighted by molar-refractivity contribution is 5.89. The molecule has 2 saturated heterocycles. The number of benzene rings is 1. The van der Waals surface area contributed by atoms with E-state index in [1.807, 2.05) is 42.5 Å². The normalized spacial score (nSPS) is 18.9. The van der Waals surface area contributed by atoms with Crippen LogP contribution in [-0.2, 0) is 4.79 Å². The van der Waals surface area contributed by atoms with Crippen molar-refractivity contribution in [3.05, 3.63) is 54.5 Å². The standard InChI is InChI=1S/C23H30N4O3/c28-22(24-17-20(21-9-6-16-30-21)26-12-4-5-13-26)18-10-14-27(15-11-18)23(29)25-19-7-2-1-3-8-19/h1-3,6-9,16,18,20H,4-5,10-15,17H2,(H,24,28)(H,25,29)/t20-/m0/s1. The Morgan fingerprint density at radius 1 is 1.00 bits per heavy atom. The largest absolute Gasteiger partial charge is 0.468 e. The number of para-hydroxylation sites is 1. The molecule has 1 aromatic heterocycles. The van der Waals surface area contributed by atoms with Crippen LogP contribution >= 0.6 is 0 Å². The van der Waals surface area contributed by atoms with Gasteiger partial charge < -0.3 is 20.0 Å². The second-order valence-corrected chi connectivity index (χ2v) is 8.08. The fourth-order valence-corrected chi connectivity index (χ4v) is 4.35. The van der Waals surface area contributed by atoms with E-state index in [1.165, 1.54) is 12.8 Å². The Morgan fingerprint density at radius 2 is 1.73 bits per heavy atom. The maximum absolute atomic E-state index is 12.8. The molecule has 1 aromatic carbocycles. The molecule has 3 heterocycles. The monoisotopic (exact) mass is 410 g/mol. The maximum Gasteiger partial charge on any atom is 0.321 e. The number of nitrogens with one attached hydrogen (secondary N) is 2. The molecule has 7 nitrogen and oxygen atoms in total. The molecule has 0 spiro atoms. The predicted molar refractivity (Wildman–Crippen MR) is 115 cm³/mol. The average molecular weight is 411 g/mol. The summed E-state index contributed by atoms with van der Waals surface area (Å²) >= 11 is 0. The fourth-order valence-electron chi connectivity index (χ4n) is 4.35. The van der Waals surface area contributed by atoms with Gasteiger partial charge in [-0.2, -0.15) is 0 Å². The van der Waals surface area contributed by atoms with Crippen molar-refractivity contribution in [2.24, 2.45) is 5.92 Å². The van der Waals surface area contributed by atoms with Crippen molar-refractivity contribution < 1.29 is 14.0 Å². The van der Waals surface area contributed by atoms with Crippen LogP contribution < -0.4 is 10.6 Å². The zero-order valence-electron chi connectivity index (χ0n) is 17.3. The number of piperidine rings is 1. The molecular formula is C23H30N4O3. The van der Waals surface area contributed by atoms with Gasteiger partial charge in [-0.05, 0) is 63.0 Å². The molecule has 0 radical (unpaired) electrons. The van der Waals surface area contributed by atoms with Crippen molar-refractivity contribution >= 4 is 17.6 Å². The molecule has 2 aliphatic rings. The number of rotatable bonds is 6. The van der Waals surface area contributed by atoms with E-state index in [0.29, 0.717) is 32.5 Å². The molecule has 2 N–H and O–H groups in total. The summed E-state index contributed by atoms with van der Waals surface area (Å²) in [5.74, 6) is 0.931. The smallest absolute Gasteiger partial charge is 0.321 e. The number of nitrogens with zero attached hydrogens (tertiary/aromatic N) is 2. The first-order valence-corrected chi connectivity index (χ1v) is 10.9. The van der Waals surface area contributed by atoms with Crippen molar-refractivity contribution in [1.29, 1.82) is 0 Å². The van der Waals surface area contributed by atoms with Crippen LogP contribution in [0.4, 0.5) is 10.5 Å². The van der Waals surface area contributed by atoms with Gasteiger partial charge in [-0.25, -0.2) is 4.79 Å². The Bertz CT molecular complexity index is 810. The quantitative estimate of drug-likeness (QED) is 0.764. The van der Waals surface area contributed by atoms with Gasteiger partial charge >= 0.3 is 6.03 Å². The van der Waals surface area contributed by atoms with Gasteiger partial charge in [0.1, 0.15) is 5.76 Å². The molecule has 7 heteroatoms. The summed E-state index contributed by atoms with van der Waals surface area (Å²) in [5, 5.41) is 6.06. The van der Waals surface area contributed by atoms with E-state index in [0.717, 1.165) is 24.5 Å². The highest BCUT2D eigenvalue weighted by Crippen LogP contribution is 2.25. The van der Waals surface area contributed by atoms with E-state index in [9.17, 15) is 9.59 Å². The Balaban J connectivity index is 1.25. The van der Waals surface area contributed by atoms with Gasteiger partial charge in [0, 0.05) is 31.2 Å². The number of likely N-dealkylation sites (tertiary alicyclic amines) is 2. The highest BCUT2D eigenvalue weighted by Gasteiger charge is 2.30. The molecule has 30 heavy (non-hydrogen) atoms. The topological polar surface area (TPSA) is 77.8 Å². The first-order valence-electron chi connectivity index (χ1n) is 10.9. The highest BCUT2D eigenvalue weighted by atomic mass is 16.3. The summed E-state index contributed by atoms with van der Waals surface area (Å²) < 4.78 is 5.63. The van der Waals surface area contributed by atoms with Gasteiger partial charge in [-0.1, -0.05) is 18.2 Å². The van der Waals surface area contributed by atoms with E-state index in [4.69, 9.17) is 4.42 Å². The van der Waals surface area contributed by atoms with Crippen molar-refractivity contribution in [3.8, 4) is 0 Å². The minimum Gasteiger partial charge on any atom is -0.468 e. The van der Waals surface area contributed by atoms with Crippen LogP contribution in [0.15, 0.2) is 53.1 Å². The number of anilines is 1.